The van der Waals surface area contributed by atoms with Gasteiger partial charge in [0.05, 0.1) is 4.90 Å². The van der Waals surface area contributed by atoms with Gasteiger partial charge >= 0.3 is 0 Å². The number of likely N-dealkylation sites (N-methyl/N-ethyl adjacent to an activating group) is 1. The number of aromatic amines is 1. The van der Waals surface area contributed by atoms with Gasteiger partial charge in [0.1, 0.15) is 0 Å². The van der Waals surface area contributed by atoms with Crippen molar-refractivity contribution < 1.29 is 8.42 Å². The summed E-state index contributed by atoms with van der Waals surface area (Å²) in [4.78, 5) is 15.4. The fourth-order valence-corrected chi connectivity index (χ4v) is 3.23. The standard InChI is InChI=1S/C13H23N3O3S/c1-10(2)7-11(9-16(3)4)15-20(18,19)12-5-6-13(17)14-8-12/h5-6,8,10-11,15H,7,9H2,1-4H3,(H,14,17). The molecule has 0 bridgehead atoms. The van der Waals surface area contributed by atoms with E-state index in [0.717, 1.165) is 6.42 Å². The molecule has 0 aliphatic heterocycles. The molecule has 1 aromatic heterocycles. The number of nitrogens with zero attached hydrogens (tertiary/aromatic N) is 1. The quantitative estimate of drug-likeness (QED) is 0.774. The first-order chi connectivity index (χ1) is 9.20. The minimum atomic E-state index is -3.61. The SMILES string of the molecule is CC(C)CC(CN(C)C)NS(=O)(=O)c1ccc(=O)[nH]c1. The monoisotopic (exact) mass is 301 g/mol. The van der Waals surface area contributed by atoms with Crippen molar-refractivity contribution >= 4 is 10.0 Å². The molecule has 1 heterocycles. The predicted octanol–water partition coefficient (Wildman–Crippen LogP) is 0.630. The molecule has 2 N–H and O–H groups in total. The van der Waals surface area contributed by atoms with E-state index in [1.54, 1.807) is 0 Å². The van der Waals surface area contributed by atoms with Crippen molar-refractivity contribution in [3.8, 4) is 0 Å². The molecule has 0 radical (unpaired) electrons. The molecule has 7 heteroatoms. The zero-order chi connectivity index (χ0) is 15.3. The van der Waals surface area contributed by atoms with Gasteiger partial charge in [-0.2, -0.15) is 0 Å². The van der Waals surface area contributed by atoms with Crippen LogP contribution in [0.25, 0.3) is 0 Å². The third-order valence-corrected chi connectivity index (χ3v) is 4.25. The van der Waals surface area contributed by atoms with E-state index in [9.17, 15) is 13.2 Å². The number of hydrogen-bond donors (Lipinski definition) is 2. The Morgan fingerprint density at radius 3 is 2.40 bits per heavy atom. The molecule has 0 aliphatic rings. The van der Waals surface area contributed by atoms with E-state index in [4.69, 9.17) is 0 Å². The van der Waals surface area contributed by atoms with Gasteiger partial charge in [-0.05, 0) is 32.5 Å². The normalized spacial score (nSPS) is 13.9. The molecule has 0 fully saturated rings. The summed E-state index contributed by atoms with van der Waals surface area (Å²) in [7, 11) is 0.194. The van der Waals surface area contributed by atoms with Crippen LogP contribution in [0.5, 0.6) is 0 Å². The largest absolute Gasteiger partial charge is 0.328 e. The second-order valence-corrected chi connectivity index (χ2v) is 7.31. The Morgan fingerprint density at radius 2 is 1.95 bits per heavy atom. The molecule has 20 heavy (non-hydrogen) atoms. The molecule has 0 aromatic carbocycles. The van der Waals surface area contributed by atoms with Gasteiger partial charge < -0.3 is 9.88 Å². The lowest BCUT2D eigenvalue weighted by molar-refractivity contribution is 0.329. The van der Waals surface area contributed by atoms with Crippen LogP contribution in [0.1, 0.15) is 20.3 Å². The van der Waals surface area contributed by atoms with Crippen LogP contribution in [-0.2, 0) is 10.0 Å². The maximum atomic E-state index is 12.3. The summed E-state index contributed by atoms with van der Waals surface area (Å²) in [6, 6.07) is 2.35. The number of H-pyrrole nitrogens is 1. The highest BCUT2D eigenvalue weighted by atomic mass is 32.2. The number of nitrogens with one attached hydrogen (secondary N) is 2. The Labute approximate surface area is 120 Å². The van der Waals surface area contributed by atoms with Crippen LogP contribution < -0.4 is 10.3 Å². The fraction of sp³-hybridized carbons (Fsp3) is 0.615. The summed E-state index contributed by atoms with van der Waals surface area (Å²) in [5.41, 5.74) is -0.323. The van der Waals surface area contributed by atoms with Crippen LogP contribution in [0, 0.1) is 5.92 Å². The number of hydrogen-bond acceptors (Lipinski definition) is 4. The summed E-state index contributed by atoms with van der Waals surface area (Å²) in [5, 5.41) is 0. The van der Waals surface area contributed by atoms with E-state index >= 15 is 0 Å². The number of rotatable bonds is 7. The summed E-state index contributed by atoms with van der Waals surface area (Å²) in [6.45, 7) is 4.73. The van der Waals surface area contributed by atoms with Gasteiger partial charge in [-0.3, -0.25) is 4.79 Å². The van der Waals surface area contributed by atoms with Gasteiger partial charge in [-0.15, -0.1) is 0 Å². The van der Waals surface area contributed by atoms with Gasteiger partial charge in [0.15, 0.2) is 0 Å². The molecule has 0 saturated carbocycles. The number of aromatic nitrogens is 1. The van der Waals surface area contributed by atoms with E-state index in [2.05, 4.69) is 23.6 Å². The van der Waals surface area contributed by atoms with E-state index in [1.165, 1.54) is 18.3 Å². The highest BCUT2D eigenvalue weighted by molar-refractivity contribution is 7.89. The maximum absolute atomic E-state index is 12.3. The van der Waals surface area contributed by atoms with Crippen molar-refractivity contribution in [2.24, 2.45) is 5.92 Å². The van der Waals surface area contributed by atoms with Crippen LogP contribution in [0.15, 0.2) is 28.0 Å². The Balaban J connectivity index is 2.90. The highest BCUT2D eigenvalue weighted by Crippen LogP contribution is 2.11. The minimum Gasteiger partial charge on any atom is -0.328 e. The third-order valence-electron chi connectivity index (χ3n) is 2.73. The van der Waals surface area contributed by atoms with Crippen LogP contribution in [-0.4, -0.2) is 45.0 Å². The zero-order valence-corrected chi connectivity index (χ0v) is 13.2. The molecular weight excluding hydrogens is 278 g/mol. The first-order valence-electron chi connectivity index (χ1n) is 6.56. The number of pyridine rings is 1. The van der Waals surface area contributed by atoms with E-state index < -0.39 is 10.0 Å². The van der Waals surface area contributed by atoms with E-state index in [0.29, 0.717) is 12.5 Å². The predicted molar refractivity (Wildman–Crippen MR) is 79.2 cm³/mol. The zero-order valence-electron chi connectivity index (χ0n) is 12.4. The Morgan fingerprint density at radius 1 is 1.30 bits per heavy atom. The first kappa shape index (κ1) is 16.9. The van der Waals surface area contributed by atoms with Crippen LogP contribution in [0.2, 0.25) is 0 Å². The van der Waals surface area contributed by atoms with Gasteiger partial charge in [-0.1, -0.05) is 13.8 Å². The lowest BCUT2D eigenvalue weighted by atomic mass is 10.0. The number of sulfonamides is 1. The second-order valence-electron chi connectivity index (χ2n) is 5.60. The topological polar surface area (TPSA) is 82.3 Å². The molecule has 0 aliphatic carbocycles. The highest BCUT2D eigenvalue weighted by Gasteiger charge is 2.21. The summed E-state index contributed by atoms with van der Waals surface area (Å²) in [5.74, 6) is 0.387. The van der Waals surface area contributed by atoms with Crippen molar-refractivity contribution in [3.05, 3.63) is 28.7 Å². The van der Waals surface area contributed by atoms with Crippen molar-refractivity contribution in [1.82, 2.24) is 14.6 Å². The minimum absolute atomic E-state index is 0.0737. The van der Waals surface area contributed by atoms with Gasteiger partial charge in [0.2, 0.25) is 15.6 Å². The third kappa shape index (κ3) is 5.44. The van der Waals surface area contributed by atoms with E-state index in [-0.39, 0.29) is 16.5 Å². The van der Waals surface area contributed by atoms with Crippen LogP contribution in [0.3, 0.4) is 0 Å². The molecule has 1 rings (SSSR count). The van der Waals surface area contributed by atoms with Gasteiger partial charge in [0, 0.05) is 24.8 Å². The molecule has 0 spiro atoms. The summed E-state index contributed by atoms with van der Waals surface area (Å²) in [6.07, 6.45) is 1.97. The first-order valence-corrected chi connectivity index (χ1v) is 8.05. The van der Waals surface area contributed by atoms with Gasteiger partial charge in [0.25, 0.3) is 0 Å². The smallest absolute Gasteiger partial charge is 0.247 e. The van der Waals surface area contributed by atoms with Crippen molar-refractivity contribution in [3.63, 3.8) is 0 Å². The molecule has 1 atom stereocenters. The molecule has 6 nitrogen and oxygen atoms in total. The molecular formula is C13H23N3O3S. The average Bonchev–Trinajstić information content (AvgIpc) is 2.26. The van der Waals surface area contributed by atoms with E-state index in [1.807, 2.05) is 19.0 Å². The second kappa shape index (κ2) is 7.01. The summed E-state index contributed by atoms with van der Waals surface area (Å²) < 4.78 is 27.2. The van der Waals surface area contributed by atoms with Gasteiger partial charge in [-0.25, -0.2) is 13.1 Å². The molecule has 1 aromatic rings. The maximum Gasteiger partial charge on any atom is 0.247 e. The molecule has 0 saturated heterocycles. The van der Waals surface area contributed by atoms with Crippen LogP contribution in [0.4, 0.5) is 0 Å². The Kier molecular flexibility index (Phi) is 5.91. The van der Waals surface area contributed by atoms with Crippen molar-refractivity contribution in [2.75, 3.05) is 20.6 Å². The van der Waals surface area contributed by atoms with Crippen molar-refractivity contribution in [2.45, 2.75) is 31.2 Å². The van der Waals surface area contributed by atoms with Crippen LogP contribution >= 0.6 is 0 Å². The van der Waals surface area contributed by atoms with Crippen molar-refractivity contribution in [1.29, 1.82) is 0 Å². The molecule has 0 amide bonds. The Bertz CT molecular complexity index is 548. The lowest BCUT2D eigenvalue weighted by Gasteiger charge is -2.23. The lowest BCUT2D eigenvalue weighted by Crippen LogP contribution is -2.42. The Hall–Kier alpha value is -1.18. The molecule has 114 valence electrons. The molecule has 1 unspecified atom stereocenters. The summed E-state index contributed by atoms with van der Waals surface area (Å²) >= 11 is 0. The fourth-order valence-electron chi connectivity index (χ4n) is 2.02. The average molecular weight is 301 g/mol.